The molecule has 6 heteroatoms. The third-order valence-electron chi connectivity index (χ3n) is 5.00. The van der Waals surface area contributed by atoms with E-state index >= 15 is 0 Å². The van der Waals surface area contributed by atoms with Crippen molar-refractivity contribution in [2.75, 3.05) is 45.8 Å². The largest absolute Gasteiger partial charge is 0.342 e. The van der Waals surface area contributed by atoms with Crippen LogP contribution in [0.3, 0.4) is 0 Å². The zero-order chi connectivity index (χ0) is 18.4. The van der Waals surface area contributed by atoms with Crippen molar-refractivity contribution in [1.82, 2.24) is 24.5 Å². The first kappa shape index (κ1) is 18.6. The lowest BCUT2D eigenvalue weighted by Crippen LogP contribution is -2.49. The second-order valence-corrected chi connectivity index (χ2v) is 6.75. The van der Waals surface area contributed by atoms with Gasteiger partial charge in [0, 0.05) is 57.6 Å². The number of hydrogen-bond donors (Lipinski definition) is 0. The Kier molecular flexibility index (Phi) is 6.41. The first-order chi connectivity index (χ1) is 12.7. The van der Waals surface area contributed by atoms with Crippen LogP contribution in [0, 0.1) is 0 Å². The number of likely N-dealkylation sites (N-methyl/N-ethyl adjacent to an activating group) is 1. The van der Waals surface area contributed by atoms with E-state index in [0.717, 1.165) is 51.5 Å². The molecular weight excluding hydrogens is 326 g/mol. The number of para-hydroxylation sites is 1. The summed E-state index contributed by atoms with van der Waals surface area (Å²) < 4.78 is 1.92. The van der Waals surface area contributed by atoms with Gasteiger partial charge in [0.2, 0.25) is 5.91 Å². The summed E-state index contributed by atoms with van der Waals surface area (Å²) in [6.45, 7) is 11.0. The number of hydrogen-bond acceptors (Lipinski definition) is 4. The first-order valence-corrected chi connectivity index (χ1v) is 9.51. The average molecular weight is 355 g/mol. The van der Waals surface area contributed by atoms with Crippen LogP contribution >= 0.6 is 0 Å². The van der Waals surface area contributed by atoms with Crippen LogP contribution in [0.1, 0.15) is 19.4 Å². The van der Waals surface area contributed by atoms with Gasteiger partial charge in [-0.05, 0) is 26.0 Å². The van der Waals surface area contributed by atoms with Crippen LogP contribution in [0.25, 0.3) is 5.69 Å². The fourth-order valence-corrected chi connectivity index (χ4v) is 3.39. The van der Waals surface area contributed by atoms with Gasteiger partial charge in [-0.25, -0.2) is 4.68 Å². The first-order valence-electron chi connectivity index (χ1n) is 9.51. The van der Waals surface area contributed by atoms with Gasteiger partial charge >= 0.3 is 0 Å². The molecule has 0 saturated carbocycles. The van der Waals surface area contributed by atoms with Gasteiger partial charge in [0.15, 0.2) is 0 Å². The molecule has 0 N–H and O–H groups in total. The van der Waals surface area contributed by atoms with E-state index in [9.17, 15) is 4.79 Å². The predicted molar refractivity (Wildman–Crippen MR) is 103 cm³/mol. The Morgan fingerprint density at radius 3 is 2.35 bits per heavy atom. The number of benzene rings is 1. The van der Waals surface area contributed by atoms with Crippen molar-refractivity contribution in [3.63, 3.8) is 0 Å². The van der Waals surface area contributed by atoms with Crippen molar-refractivity contribution in [1.29, 1.82) is 0 Å². The molecule has 0 spiro atoms. The van der Waals surface area contributed by atoms with Gasteiger partial charge in [0.05, 0.1) is 18.4 Å². The van der Waals surface area contributed by atoms with Crippen LogP contribution < -0.4 is 0 Å². The van der Waals surface area contributed by atoms with E-state index in [4.69, 9.17) is 0 Å². The number of carbonyl (C=O) groups is 1. The molecule has 1 saturated heterocycles. The third-order valence-corrected chi connectivity index (χ3v) is 5.00. The standard InChI is InChI=1S/C20H29N5O/c1-3-24(4-2)20(26)17-23-12-10-22(11-13-23)15-18-14-21-25(16-18)19-8-6-5-7-9-19/h5-9,14,16H,3-4,10-13,15,17H2,1-2H3. The van der Waals surface area contributed by atoms with Crippen LogP contribution in [-0.4, -0.2) is 76.2 Å². The van der Waals surface area contributed by atoms with E-state index in [2.05, 4.69) is 33.2 Å². The Hall–Kier alpha value is -2.18. The Labute approximate surface area is 156 Å². The predicted octanol–water partition coefficient (Wildman–Crippen LogP) is 1.86. The maximum atomic E-state index is 12.2. The highest BCUT2D eigenvalue weighted by Crippen LogP contribution is 2.11. The summed E-state index contributed by atoms with van der Waals surface area (Å²) in [5.41, 5.74) is 2.31. The molecular formula is C20H29N5O. The summed E-state index contributed by atoms with van der Waals surface area (Å²) in [6.07, 6.45) is 4.05. The van der Waals surface area contributed by atoms with Crippen molar-refractivity contribution < 1.29 is 4.79 Å². The lowest BCUT2D eigenvalue weighted by atomic mass is 10.2. The molecule has 1 aromatic heterocycles. The van der Waals surface area contributed by atoms with Gasteiger partial charge in [0.1, 0.15) is 0 Å². The Morgan fingerprint density at radius 2 is 1.69 bits per heavy atom. The van der Waals surface area contributed by atoms with Gasteiger partial charge in [-0.15, -0.1) is 0 Å². The second kappa shape index (κ2) is 8.96. The molecule has 1 fully saturated rings. The molecule has 1 aliphatic heterocycles. The molecule has 0 bridgehead atoms. The molecule has 3 rings (SSSR count). The molecule has 0 atom stereocenters. The molecule has 26 heavy (non-hydrogen) atoms. The van der Waals surface area contributed by atoms with Gasteiger partial charge in [-0.1, -0.05) is 18.2 Å². The van der Waals surface area contributed by atoms with E-state index in [1.165, 1.54) is 5.56 Å². The van der Waals surface area contributed by atoms with Gasteiger partial charge in [-0.2, -0.15) is 5.10 Å². The van der Waals surface area contributed by atoms with Crippen molar-refractivity contribution in [3.8, 4) is 5.69 Å². The van der Waals surface area contributed by atoms with Crippen molar-refractivity contribution in [2.45, 2.75) is 20.4 Å². The van der Waals surface area contributed by atoms with E-state index in [1.54, 1.807) is 0 Å². The van der Waals surface area contributed by atoms with Crippen LogP contribution in [-0.2, 0) is 11.3 Å². The lowest BCUT2D eigenvalue weighted by Gasteiger charge is -2.35. The highest BCUT2D eigenvalue weighted by Gasteiger charge is 2.21. The second-order valence-electron chi connectivity index (χ2n) is 6.75. The highest BCUT2D eigenvalue weighted by molar-refractivity contribution is 5.78. The van der Waals surface area contributed by atoms with Crippen molar-refractivity contribution >= 4 is 5.91 Å². The van der Waals surface area contributed by atoms with E-state index in [-0.39, 0.29) is 5.91 Å². The maximum Gasteiger partial charge on any atom is 0.236 e. The Bertz CT molecular complexity index is 687. The highest BCUT2D eigenvalue weighted by atomic mass is 16.2. The summed E-state index contributed by atoms with van der Waals surface area (Å²) in [5, 5.41) is 4.47. The van der Waals surface area contributed by atoms with Gasteiger partial charge < -0.3 is 4.90 Å². The summed E-state index contributed by atoms with van der Waals surface area (Å²) >= 11 is 0. The topological polar surface area (TPSA) is 44.6 Å². The fourth-order valence-electron chi connectivity index (χ4n) is 3.39. The molecule has 1 amide bonds. The van der Waals surface area contributed by atoms with Gasteiger partial charge in [0.25, 0.3) is 0 Å². The van der Waals surface area contributed by atoms with Gasteiger partial charge in [-0.3, -0.25) is 14.6 Å². The molecule has 2 heterocycles. The number of rotatable bonds is 7. The van der Waals surface area contributed by atoms with Crippen molar-refractivity contribution in [3.05, 3.63) is 48.3 Å². The monoisotopic (exact) mass is 355 g/mol. The smallest absolute Gasteiger partial charge is 0.236 e. The van der Waals surface area contributed by atoms with E-state index < -0.39 is 0 Å². The van der Waals surface area contributed by atoms with Crippen LogP contribution in [0.2, 0.25) is 0 Å². The minimum Gasteiger partial charge on any atom is -0.342 e. The summed E-state index contributed by atoms with van der Waals surface area (Å²) in [4.78, 5) is 18.9. The Morgan fingerprint density at radius 1 is 1.04 bits per heavy atom. The van der Waals surface area contributed by atoms with Crippen LogP contribution in [0.4, 0.5) is 0 Å². The molecule has 0 aliphatic carbocycles. The van der Waals surface area contributed by atoms with Crippen LogP contribution in [0.5, 0.6) is 0 Å². The quantitative estimate of drug-likeness (QED) is 0.760. The normalized spacial score (nSPS) is 15.9. The summed E-state index contributed by atoms with van der Waals surface area (Å²) in [6, 6.07) is 10.2. The summed E-state index contributed by atoms with van der Waals surface area (Å²) in [7, 11) is 0. The maximum absolute atomic E-state index is 12.2. The van der Waals surface area contributed by atoms with Crippen LogP contribution in [0.15, 0.2) is 42.7 Å². The lowest BCUT2D eigenvalue weighted by molar-refractivity contribution is -0.132. The average Bonchev–Trinajstić information content (AvgIpc) is 3.14. The minimum absolute atomic E-state index is 0.243. The molecule has 1 aliphatic rings. The molecule has 0 unspecified atom stereocenters. The number of nitrogens with zero attached hydrogens (tertiary/aromatic N) is 5. The zero-order valence-electron chi connectivity index (χ0n) is 15.8. The summed E-state index contributed by atoms with van der Waals surface area (Å²) in [5.74, 6) is 0.243. The molecule has 6 nitrogen and oxygen atoms in total. The molecule has 2 aromatic rings. The molecule has 1 aromatic carbocycles. The SMILES string of the molecule is CCN(CC)C(=O)CN1CCN(Cc2cnn(-c3ccccc3)c2)CC1. The number of aromatic nitrogens is 2. The Balaban J connectivity index is 1.47. The molecule has 0 radical (unpaired) electrons. The zero-order valence-corrected chi connectivity index (χ0v) is 15.8. The van der Waals surface area contributed by atoms with E-state index in [0.29, 0.717) is 6.54 Å². The third kappa shape index (κ3) is 4.71. The fraction of sp³-hybridized carbons (Fsp3) is 0.500. The van der Waals surface area contributed by atoms with E-state index in [1.807, 2.05) is 47.8 Å². The number of piperazine rings is 1. The minimum atomic E-state index is 0.243. The number of carbonyl (C=O) groups excluding carboxylic acids is 1. The molecule has 140 valence electrons. The number of amides is 1. The van der Waals surface area contributed by atoms with Crippen molar-refractivity contribution in [2.24, 2.45) is 0 Å².